The Morgan fingerprint density at radius 1 is 1.35 bits per heavy atom. The molecular formula is C12H19NO3S. The van der Waals surface area contributed by atoms with Gasteiger partial charge in [0.15, 0.2) is 9.84 Å². The maximum Gasteiger partial charge on any atom is 0.179 e. The number of ether oxygens (including phenoxy) is 1. The third kappa shape index (κ3) is 3.71. The van der Waals surface area contributed by atoms with Gasteiger partial charge in [0.05, 0.1) is 17.8 Å². The molecule has 0 atom stereocenters. The first-order valence-electron chi connectivity index (χ1n) is 5.38. The molecule has 0 fully saturated rings. The molecule has 0 radical (unpaired) electrons. The number of sulfone groups is 1. The monoisotopic (exact) mass is 257 g/mol. The molecule has 0 aliphatic heterocycles. The third-order valence-corrected chi connectivity index (χ3v) is 4.67. The van der Waals surface area contributed by atoms with E-state index >= 15 is 0 Å². The Morgan fingerprint density at radius 2 is 2.00 bits per heavy atom. The molecule has 1 rings (SSSR count). The Balaban J connectivity index is 3.05. The summed E-state index contributed by atoms with van der Waals surface area (Å²) in [6, 6.07) is 6.49. The van der Waals surface area contributed by atoms with E-state index in [-0.39, 0.29) is 10.6 Å². The van der Waals surface area contributed by atoms with Crippen LogP contribution in [0.5, 0.6) is 5.75 Å². The Kier molecular flexibility index (Phi) is 4.16. The lowest BCUT2D eigenvalue weighted by molar-refractivity contribution is 0.412. The predicted molar refractivity (Wildman–Crippen MR) is 67.9 cm³/mol. The topological polar surface area (TPSA) is 69.4 Å². The summed E-state index contributed by atoms with van der Waals surface area (Å²) < 4.78 is 29.3. The van der Waals surface area contributed by atoms with E-state index in [1.165, 1.54) is 13.2 Å². The number of rotatable bonds is 5. The average Bonchev–Trinajstić information content (AvgIpc) is 2.28. The highest BCUT2D eigenvalue weighted by molar-refractivity contribution is 7.91. The van der Waals surface area contributed by atoms with Gasteiger partial charge in [-0.2, -0.15) is 0 Å². The van der Waals surface area contributed by atoms with Crippen LogP contribution in [0.25, 0.3) is 0 Å². The summed E-state index contributed by atoms with van der Waals surface area (Å²) in [5.74, 6) is 0.570. The van der Waals surface area contributed by atoms with E-state index in [0.29, 0.717) is 12.3 Å². The van der Waals surface area contributed by atoms with Gasteiger partial charge in [-0.1, -0.05) is 19.9 Å². The van der Waals surface area contributed by atoms with Crippen LogP contribution in [0.4, 0.5) is 0 Å². The Hall–Kier alpha value is -1.07. The van der Waals surface area contributed by atoms with Crippen molar-refractivity contribution in [2.75, 3.05) is 19.4 Å². The van der Waals surface area contributed by atoms with E-state index in [1.54, 1.807) is 18.2 Å². The van der Waals surface area contributed by atoms with Crippen LogP contribution in [0.2, 0.25) is 0 Å². The molecule has 0 bridgehead atoms. The fourth-order valence-corrected chi connectivity index (χ4v) is 3.35. The SMILES string of the molecule is COc1cccc(S(=O)(=O)CC(C)(C)CN)c1. The molecule has 0 spiro atoms. The molecule has 5 heteroatoms. The summed E-state index contributed by atoms with van der Waals surface area (Å²) in [6.07, 6.45) is 0. The fourth-order valence-electron chi connectivity index (χ4n) is 1.45. The van der Waals surface area contributed by atoms with Crippen molar-refractivity contribution in [3.05, 3.63) is 24.3 Å². The zero-order chi connectivity index (χ0) is 13.1. The first-order chi connectivity index (χ1) is 7.80. The summed E-state index contributed by atoms with van der Waals surface area (Å²) in [7, 11) is -1.81. The van der Waals surface area contributed by atoms with Gasteiger partial charge in [-0.3, -0.25) is 0 Å². The van der Waals surface area contributed by atoms with Crippen molar-refractivity contribution in [1.82, 2.24) is 0 Å². The van der Waals surface area contributed by atoms with Gasteiger partial charge < -0.3 is 10.5 Å². The predicted octanol–water partition coefficient (Wildman–Crippen LogP) is 1.45. The molecule has 0 aliphatic rings. The standard InChI is InChI=1S/C12H19NO3S/c1-12(2,8-13)9-17(14,15)11-6-4-5-10(7-11)16-3/h4-7H,8-9,13H2,1-3H3. The molecule has 1 aromatic rings. The van der Waals surface area contributed by atoms with Crippen molar-refractivity contribution in [3.63, 3.8) is 0 Å². The molecule has 1 aromatic carbocycles. The molecule has 0 aromatic heterocycles. The van der Waals surface area contributed by atoms with E-state index in [0.717, 1.165) is 0 Å². The second-order valence-electron chi connectivity index (χ2n) is 4.81. The smallest absolute Gasteiger partial charge is 0.179 e. The number of hydrogen-bond donors (Lipinski definition) is 1. The van der Waals surface area contributed by atoms with Crippen LogP contribution in [0.1, 0.15) is 13.8 Å². The minimum Gasteiger partial charge on any atom is -0.497 e. The zero-order valence-electron chi connectivity index (χ0n) is 10.4. The first kappa shape index (κ1) is 14.0. The molecule has 0 saturated heterocycles. The average molecular weight is 257 g/mol. The van der Waals surface area contributed by atoms with Crippen molar-refractivity contribution in [2.45, 2.75) is 18.7 Å². The van der Waals surface area contributed by atoms with Crippen LogP contribution in [0.3, 0.4) is 0 Å². The Labute approximate surface area is 103 Å². The van der Waals surface area contributed by atoms with E-state index in [1.807, 2.05) is 13.8 Å². The molecule has 0 unspecified atom stereocenters. The van der Waals surface area contributed by atoms with E-state index in [4.69, 9.17) is 10.5 Å². The molecule has 0 aliphatic carbocycles. The minimum atomic E-state index is -3.32. The largest absolute Gasteiger partial charge is 0.497 e. The lowest BCUT2D eigenvalue weighted by atomic mass is 9.97. The van der Waals surface area contributed by atoms with Crippen LogP contribution in [0.15, 0.2) is 29.2 Å². The van der Waals surface area contributed by atoms with Gasteiger partial charge in [-0.05, 0) is 30.2 Å². The summed E-state index contributed by atoms with van der Waals surface area (Å²) in [4.78, 5) is 0.276. The van der Waals surface area contributed by atoms with Gasteiger partial charge in [0.1, 0.15) is 5.75 Å². The van der Waals surface area contributed by atoms with Crippen molar-refractivity contribution in [2.24, 2.45) is 11.1 Å². The highest BCUT2D eigenvalue weighted by Gasteiger charge is 2.26. The molecule has 2 N–H and O–H groups in total. The van der Waals surface area contributed by atoms with Gasteiger partial charge >= 0.3 is 0 Å². The van der Waals surface area contributed by atoms with Crippen molar-refractivity contribution >= 4 is 9.84 Å². The maximum atomic E-state index is 12.2. The highest BCUT2D eigenvalue weighted by atomic mass is 32.2. The maximum absolute atomic E-state index is 12.2. The van der Waals surface area contributed by atoms with Crippen LogP contribution in [-0.2, 0) is 9.84 Å². The van der Waals surface area contributed by atoms with Crippen LogP contribution < -0.4 is 10.5 Å². The second-order valence-corrected chi connectivity index (χ2v) is 6.80. The third-order valence-electron chi connectivity index (χ3n) is 2.53. The normalized spacial score (nSPS) is 12.5. The summed E-state index contributed by atoms with van der Waals surface area (Å²) in [5, 5.41) is 0. The van der Waals surface area contributed by atoms with Gasteiger partial charge in [0.2, 0.25) is 0 Å². The number of benzene rings is 1. The molecular weight excluding hydrogens is 238 g/mol. The number of hydrogen-bond acceptors (Lipinski definition) is 4. The van der Waals surface area contributed by atoms with Gasteiger partial charge in [-0.15, -0.1) is 0 Å². The summed E-state index contributed by atoms with van der Waals surface area (Å²) in [6.45, 7) is 4.01. The van der Waals surface area contributed by atoms with E-state index in [2.05, 4.69) is 0 Å². The Morgan fingerprint density at radius 3 is 2.53 bits per heavy atom. The molecule has 0 heterocycles. The van der Waals surface area contributed by atoms with E-state index < -0.39 is 15.3 Å². The second kappa shape index (κ2) is 5.06. The van der Waals surface area contributed by atoms with Gasteiger partial charge in [-0.25, -0.2) is 8.42 Å². The Bertz CT molecular complexity index is 480. The quantitative estimate of drug-likeness (QED) is 0.867. The number of nitrogens with two attached hydrogens (primary N) is 1. The van der Waals surface area contributed by atoms with Crippen molar-refractivity contribution < 1.29 is 13.2 Å². The molecule has 96 valence electrons. The van der Waals surface area contributed by atoms with Crippen LogP contribution in [-0.4, -0.2) is 27.8 Å². The van der Waals surface area contributed by atoms with Gasteiger partial charge in [0, 0.05) is 0 Å². The lowest BCUT2D eigenvalue weighted by Crippen LogP contribution is -2.31. The number of methoxy groups -OCH3 is 1. The summed E-state index contributed by atoms with van der Waals surface area (Å²) in [5.41, 5.74) is 5.13. The highest BCUT2D eigenvalue weighted by Crippen LogP contribution is 2.24. The van der Waals surface area contributed by atoms with Crippen molar-refractivity contribution in [1.29, 1.82) is 0 Å². The van der Waals surface area contributed by atoms with E-state index in [9.17, 15) is 8.42 Å². The zero-order valence-corrected chi connectivity index (χ0v) is 11.3. The van der Waals surface area contributed by atoms with Crippen molar-refractivity contribution in [3.8, 4) is 5.75 Å². The van der Waals surface area contributed by atoms with Crippen LogP contribution in [0, 0.1) is 5.41 Å². The van der Waals surface area contributed by atoms with Gasteiger partial charge in [0.25, 0.3) is 0 Å². The fraction of sp³-hybridized carbons (Fsp3) is 0.500. The molecule has 0 saturated carbocycles. The first-order valence-corrected chi connectivity index (χ1v) is 7.03. The van der Waals surface area contributed by atoms with Crippen LogP contribution >= 0.6 is 0 Å². The minimum absolute atomic E-state index is 0.0314. The molecule has 0 amide bonds. The molecule has 17 heavy (non-hydrogen) atoms. The lowest BCUT2D eigenvalue weighted by Gasteiger charge is -2.21. The summed E-state index contributed by atoms with van der Waals surface area (Å²) >= 11 is 0. The molecule has 4 nitrogen and oxygen atoms in total.